The highest BCUT2D eigenvalue weighted by Crippen LogP contribution is 2.60. The zero-order chi connectivity index (χ0) is 22.8. The number of aryl methyl sites for hydroxylation is 1. The molecule has 1 aliphatic carbocycles. The first-order valence-electron chi connectivity index (χ1n) is 11.5. The third kappa shape index (κ3) is 4.32. The summed E-state index contributed by atoms with van der Waals surface area (Å²) in [5.41, 5.74) is 1.28. The highest BCUT2D eigenvalue weighted by molar-refractivity contribution is 5.99. The van der Waals surface area contributed by atoms with E-state index in [1.165, 1.54) is 0 Å². The third-order valence-corrected chi connectivity index (χ3v) is 7.26. The van der Waals surface area contributed by atoms with Gasteiger partial charge in [-0.15, -0.1) is 0 Å². The summed E-state index contributed by atoms with van der Waals surface area (Å²) in [6.45, 7) is 12.3. The molecule has 5 heteroatoms. The number of aliphatic hydroxyl groups excluding tert-OH is 1. The van der Waals surface area contributed by atoms with Gasteiger partial charge >= 0.3 is 0 Å². The number of aromatic hydroxyl groups is 1. The van der Waals surface area contributed by atoms with Crippen LogP contribution in [-0.4, -0.2) is 28.3 Å². The van der Waals surface area contributed by atoms with Gasteiger partial charge in [0.1, 0.15) is 17.1 Å². The van der Waals surface area contributed by atoms with Crippen LogP contribution in [0.15, 0.2) is 30.6 Å². The molecule has 31 heavy (non-hydrogen) atoms. The summed E-state index contributed by atoms with van der Waals surface area (Å²) in [5, 5.41) is 23.6. The third-order valence-electron chi connectivity index (χ3n) is 7.26. The molecule has 0 bridgehead atoms. The van der Waals surface area contributed by atoms with Crippen molar-refractivity contribution in [3.8, 4) is 11.5 Å². The van der Waals surface area contributed by atoms with Crippen LogP contribution in [0.25, 0.3) is 0 Å². The number of ether oxygens (including phenoxy) is 1. The van der Waals surface area contributed by atoms with Gasteiger partial charge in [0.15, 0.2) is 0 Å². The first kappa shape index (κ1) is 23.2. The van der Waals surface area contributed by atoms with E-state index in [2.05, 4.69) is 51.7 Å². The Morgan fingerprint density at radius 1 is 1.32 bits per heavy atom. The predicted octanol–water partition coefficient (Wildman–Crippen LogP) is 5.93. The topological polar surface area (TPSA) is 78.8 Å². The van der Waals surface area contributed by atoms with E-state index < -0.39 is 5.60 Å². The molecule has 2 aliphatic rings. The fraction of sp³-hybridized carbons (Fsp3) is 0.577. The van der Waals surface area contributed by atoms with Crippen LogP contribution in [0.3, 0.4) is 0 Å². The molecule has 1 aliphatic heterocycles. The number of fused-ring (bicyclic) bond motifs is 3. The van der Waals surface area contributed by atoms with Gasteiger partial charge in [-0.05, 0) is 51.2 Å². The Labute approximate surface area is 186 Å². The molecule has 0 unspecified atom stereocenters. The summed E-state index contributed by atoms with van der Waals surface area (Å²) >= 11 is 0. The van der Waals surface area contributed by atoms with Crippen LogP contribution < -0.4 is 10.1 Å². The normalized spacial score (nSPS) is 23.4. The molecule has 5 nitrogen and oxygen atoms in total. The fourth-order valence-electron chi connectivity index (χ4n) is 4.99. The summed E-state index contributed by atoms with van der Waals surface area (Å²) in [6, 6.07) is 1.97. The van der Waals surface area contributed by atoms with Gasteiger partial charge in [-0.3, -0.25) is 4.79 Å². The number of unbranched alkanes of at least 4 members (excludes halogenated alkanes) is 2. The number of carbonyl (C=O) groups excluding carboxylic acids is 1. The van der Waals surface area contributed by atoms with Gasteiger partial charge in [0, 0.05) is 29.9 Å². The lowest BCUT2D eigenvalue weighted by atomic mass is 9.58. The number of hydrogen-bond acceptors (Lipinski definition) is 4. The van der Waals surface area contributed by atoms with Crippen LogP contribution in [0.2, 0.25) is 0 Å². The predicted molar refractivity (Wildman–Crippen MR) is 124 cm³/mol. The second kappa shape index (κ2) is 8.97. The molecule has 1 amide bonds. The zero-order valence-corrected chi connectivity index (χ0v) is 19.4. The molecule has 170 valence electrons. The molecule has 0 saturated carbocycles. The quantitative estimate of drug-likeness (QED) is 0.273. The lowest BCUT2D eigenvalue weighted by Gasteiger charge is -2.54. The standard InChI is InChI=1S/C26H37NO4/c1-6-7-8-11-18-16-20-22(23(29)21(18)24(30)27-15-13-17(2)28)19-12-9-10-14-26(19,5)25(3,4)31-20/h9,12,16,19,28-29H,2,6-8,10-11,13-15H2,1,3-5H3,(H,27,30)/t19-,26+/m0/s1. The Morgan fingerprint density at radius 2 is 2.06 bits per heavy atom. The molecule has 0 radical (unpaired) electrons. The first-order chi connectivity index (χ1) is 14.6. The van der Waals surface area contributed by atoms with Gasteiger partial charge < -0.3 is 20.3 Å². The molecule has 0 fully saturated rings. The average Bonchev–Trinajstić information content (AvgIpc) is 2.68. The highest BCUT2D eigenvalue weighted by atomic mass is 16.5. The molecule has 1 aromatic carbocycles. The van der Waals surface area contributed by atoms with E-state index in [0.717, 1.165) is 37.7 Å². The maximum atomic E-state index is 13.1. The summed E-state index contributed by atoms with van der Waals surface area (Å²) in [5.74, 6) is 0.399. The molecule has 0 aromatic heterocycles. The lowest BCUT2D eigenvalue weighted by Crippen LogP contribution is -2.53. The van der Waals surface area contributed by atoms with Crippen molar-refractivity contribution in [2.45, 2.75) is 84.2 Å². The largest absolute Gasteiger partial charge is 0.513 e. The zero-order valence-electron chi connectivity index (χ0n) is 19.4. The van der Waals surface area contributed by atoms with Crippen LogP contribution in [0.4, 0.5) is 0 Å². The van der Waals surface area contributed by atoms with Crippen molar-refractivity contribution < 1.29 is 19.7 Å². The Bertz CT molecular complexity index is 886. The van der Waals surface area contributed by atoms with Gasteiger partial charge in [0.2, 0.25) is 0 Å². The molecule has 0 spiro atoms. The van der Waals surface area contributed by atoms with E-state index >= 15 is 0 Å². The van der Waals surface area contributed by atoms with Crippen molar-refractivity contribution in [3.05, 3.63) is 47.2 Å². The van der Waals surface area contributed by atoms with Crippen molar-refractivity contribution in [2.24, 2.45) is 5.41 Å². The van der Waals surface area contributed by atoms with Gasteiger partial charge in [-0.1, -0.05) is 45.4 Å². The van der Waals surface area contributed by atoms with Gasteiger partial charge in [0.05, 0.1) is 11.3 Å². The average molecular weight is 428 g/mol. The number of amides is 1. The minimum Gasteiger partial charge on any atom is -0.513 e. The Morgan fingerprint density at radius 3 is 2.74 bits per heavy atom. The molecule has 0 saturated heterocycles. The lowest BCUT2D eigenvalue weighted by molar-refractivity contribution is -0.0569. The smallest absolute Gasteiger partial charge is 0.255 e. The summed E-state index contributed by atoms with van der Waals surface area (Å²) in [7, 11) is 0. The van der Waals surface area contributed by atoms with Crippen LogP contribution in [-0.2, 0) is 6.42 Å². The molecule has 3 N–H and O–H groups in total. The van der Waals surface area contributed by atoms with E-state index in [1.54, 1.807) is 0 Å². The monoisotopic (exact) mass is 427 g/mol. The summed E-state index contributed by atoms with van der Waals surface area (Å²) in [6.07, 6.45) is 10.3. The Hall–Kier alpha value is -2.43. The number of phenols is 1. The Balaban J connectivity index is 2.09. The molecule has 3 rings (SSSR count). The molecule has 1 aromatic rings. The van der Waals surface area contributed by atoms with Crippen LogP contribution >= 0.6 is 0 Å². The number of phenolic OH excluding ortho intramolecular Hbond substituents is 1. The highest BCUT2D eigenvalue weighted by Gasteiger charge is 2.54. The van der Waals surface area contributed by atoms with E-state index in [9.17, 15) is 15.0 Å². The molecular weight excluding hydrogens is 390 g/mol. The molecular formula is C26H37NO4. The second-order valence-electron chi connectivity index (χ2n) is 9.67. The number of rotatable bonds is 8. The van der Waals surface area contributed by atoms with E-state index in [1.807, 2.05) is 6.07 Å². The second-order valence-corrected chi connectivity index (χ2v) is 9.67. The summed E-state index contributed by atoms with van der Waals surface area (Å²) < 4.78 is 6.50. The van der Waals surface area contributed by atoms with Crippen molar-refractivity contribution >= 4 is 5.91 Å². The van der Waals surface area contributed by atoms with E-state index in [0.29, 0.717) is 23.3 Å². The molecule has 1 heterocycles. The van der Waals surface area contributed by atoms with Crippen molar-refractivity contribution in [3.63, 3.8) is 0 Å². The fourth-order valence-corrected chi connectivity index (χ4v) is 4.99. The van der Waals surface area contributed by atoms with E-state index in [4.69, 9.17) is 4.74 Å². The Kier molecular flexibility index (Phi) is 6.73. The van der Waals surface area contributed by atoms with E-state index in [-0.39, 0.29) is 41.7 Å². The maximum Gasteiger partial charge on any atom is 0.255 e. The van der Waals surface area contributed by atoms with Crippen LogP contribution in [0.5, 0.6) is 11.5 Å². The number of aliphatic hydroxyl groups is 1. The summed E-state index contributed by atoms with van der Waals surface area (Å²) in [4.78, 5) is 13.1. The van der Waals surface area contributed by atoms with Crippen molar-refractivity contribution in [1.29, 1.82) is 0 Å². The number of carbonyl (C=O) groups is 1. The minimum absolute atomic E-state index is 0.0199. The number of allylic oxidation sites excluding steroid dienone is 2. The molecule has 2 atom stereocenters. The van der Waals surface area contributed by atoms with Crippen LogP contribution in [0, 0.1) is 5.41 Å². The number of nitrogens with one attached hydrogen (secondary N) is 1. The van der Waals surface area contributed by atoms with Crippen LogP contribution in [0.1, 0.15) is 93.6 Å². The van der Waals surface area contributed by atoms with Crippen molar-refractivity contribution in [1.82, 2.24) is 5.32 Å². The van der Waals surface area contributed by atoms with Gasteiger partial charge in [-0.25, -0.2) is 0 Å². The van der Waals surface area contributed by atoms with Gasteiger partial charge in [0.25, 0.3) is 5.91 Å². The SMILES string of the molecule is C=C(O)CCNC(=O)c1c(CCCCC)cc2c(c1O)[C@@H]1C=CCC[C@@]1(C)C(C)(C)O2. The number of benzene rings is 1. The van der Waals surface area contributed by atoms with Gasteiger partial charge in [-0.2, -0.15) is 0 Å². The first-order valence-corrected chi connectivity index (χ1v) is 11.5. The maximum absolute atomic E-state index is 13.1. The minimum atomic E-state index is -0.395. The van der Waals surface area contributed by atoms with Crippen molar-refractivity contribution in [2.75, 3.05) is 6.54 Å². The number of hydrogen-bond donors (Lipinski definition) is 3.